The van der Waals surface area contributed by atoms with Crippen LogP contribution in [0.15, 0.2) is 79.1 Å². The molecule has 0 aliphatic rings. The first-order valence-corrected chi connectivity index (χ1v) is 11.4. The van der Waals surface area contributed by atoms with Gasteiger partial charge in [0.25, 0.3) is 11.8 Å². The van der Waals surface area contributed by atoms with Crippen molar-refractivity contribution in [1.82, 2.24) is 9.97 Å². The first kappa shape index (κ1) is 21.5. The number of anilines is 2. The minimum absolute atomic E-state index is 0.181. The molecule has 168 valence electrons. The summed E-state index contributed by atoms with van der Waals surface area (Å²) in [6, 6.07) is 19.8. The number of thiazole rings is 1. The van der Waals surface area contributed by atoms with E-state index in [-0.39, 0.29) is 18.4 Å². The summed E-state index contributed by atoms with van der Waals surface area (Å²) in [5.41, 5.74) is 2.62. The van der Waals surface area contributed by atoms with Gasteiger partial charge in [0.2, 0.25) is 0 Å². The summed E-state index contributed by atoms with van der Waals surface area (Å²) in [5.74, 6) is -0.139. The van der Waals surface area contributed by atoms with Crippen LogP contribution in [0, 0.1) is 6.92 Å². The van der Waals surface area contributed by atoms with Crippen LogP contribution < -0.4 is 15.4 Å². The molecule has 2 amide bonds. The molecule has 0 unspecified atom stereocenters. The maximum atomic E-state index is 12.7. The van der Waals surface area contributed by atoms with Gasteiger partial charge in [0.15, 0.2) is 6.61 Å². The fourth-order valence-corrected chi connectivity index (χ4v) is 4.37. The molecule has 7 nitrogen and oxygen atoms in total. The summed E-state index contributed by atoms with van der Waals surface area (Å²) in [7, 11) is 0. The summed E-state index contributed by atoms with van der Waals surface area (Å²) < 4.78 is 6.69. The maximum Gasteiger partial charge on any atom is 0.262 e. The second-order valence-electron chi connectivity index (χ2n) is 7.67. The van der Waals surface area contributed by atoms with E-state index < -0.39 is 0 Å². The minimum Gasteiger partial charge on any atom is -0.484 e. The van der Waals surface area contributed by atoms with Gasteiger partial charge in [-0.3, -0.25) is 14.6 Å². The van der Waals surface area contributed by atoms with Crippen molar-refractivity contribution in [3.63, 3.8) is 0 Å². The Bertz CT molecular complexity index is 1530. The summed E-state index contributed by atoms with van der Waals surface area (Å²) in [5, 5.41) is 8.66. The standard InChI is InChI=1S/C26H20N4O3S/c1-16-28-23-13-21(7-8-24(23)34-16)30-26(32)18-3-2-4-22(12-18)33-15-25(31)29-20-6-5-19-14-27-10-9-17(19)11-20/h2-14H,15H2,1H3,(H,29,31)(H,30,32). The van der Waals surface area contributed by atoms with E-state index in [9.17, 15) is 9.59 Å². The maximum absolute atomic E-state index is 12.7. The van der Waals surface area contributed by atoms with E-state index in [1.807, 2.05) is 49.4 Å². The molecule has 0 saturated heterocycles. The van der Waals surface area contributed by atoms with Crippen molar-refractivity contribution in [2.75, 3.05) is 17.2 Å². The third-order valence-electron chi connectivity index (χ3n) is 5.14. The number of nitrogens with one attached hydrogen (secondary N) is 2. The van der Waals surface area contributed by atoms with E-state index in [0.717, 1.165) is 26.0 Å². The van der Waals surface area contributed by atoms with Gasteiger partial charge >= 0.3 is 0 Å². The Hall–Kier alpha value is -4.30. The van der Waals surface area contributed by atoms with Crippen LogP contribution in [0.3, 0.4) is 0 Å². The number of aryl methyl sites for hydroxylation is 1. The number of nitrogens with zero attached hydrogens (tertiary/aromatic N) is 2. The minimum atomic E-state index is -0.296. The Labute approximate surface area is 199 Å². The van der Waals surface area contributed by atoms with E-state index in [4.69, 9.17) is 4.74 Å². The third kappa shape index (κ3) is 4.87. The first-order valence-electron chi connectivity index (χ1n) is 10.6. The second-order valence-corrected chi connectivity index (χ2v) is 8.91. The molecule has 0 fully saturated rings. The molecule has 2 N–H and O–H groups in total. The lowest BCUT2D eigenvalue weighted by molar-refractivity contribution is -0.118. The van der Waals surface area contributed by atoms with Crippen molar-refractivity contribution in [2.24, 2.45) is 0 Å². The van der Waals surface area contributed by atoms with Crippen LogP contribution in [-0.2, 0) is 4.79 Å². The highest BCUT2D eigenvalue weighted by Crippen LogP contribution is 2.25. The summed E-state index contributed by atoms with van der Waals surface area (Å²) in [4.78, 5) is 33.6. The van der Waals surface area contributed by atoms with Crippen molar-refractivity contribution in [3.8, 4) is 5.75 Å². The topological polar surface area (TPSA) is 93.2 Å². The van der Waals surface area contributed by atoms with Crippen LogP contribution in [0.4, 0.5) is 11.4 Å². The number of fused-ring (bicyclic) bond motifs is 2. The number of aromatic nitrogens is 2. The van der Waals surface area contributed by atoms with Crippen LogP contribution in [-0.4, -0.2) is 28.4 Å². The van der Waals surface area contributed by atoms with Crippen LogP contribution in [0.2, 0.25) is 0 Å². The Kier molecular flexibility index (Phi) is 5.88. The van der Waals surface area contributed by atoms with E-state index in [2.05, 4.69) is 20.6 Å². The van der Waals surface area contributed by atoms with Crippen LogP contribution in [0.25, 0.3) is 21.0 Å². The van der Waals surface area contributed by atoms with Gasteiger partial charge < -0.3 is 15.4 Å². The largest absolute Gasteiger partial charge is 0.484 e. The molecule has 0 radical (unpaired) electrons. The smallest absolute Gasteiger partial charge is 0.262 e. The summed E-state index contributed by atoms with van der Waals surface area (Å²) in [6.45, 7) is 1.77. The van der Waals surface area contributed by atoms with Crippen molar-refractivity contribution in [2.45, 2.75) is 6.92 Å². The lowest BCUT2D eigenvalue weighted by Gasteiger charge is -2.10. The lowest BCUT2D eigenvalue weighted by atomic mass is 10.1. The number of benzene rings is 3. The highest BCUT2D eigenvalue weighted by molar-refractivity contribution is 7.18. The van der Waals surface area contributed by atoms with Crippen molar-refractivity contribution in [1.29, 1.82) is 0 Å². The molecule has 0 aliphatic heterocycles. The molecule has 2 heterocycles. The van der Waals surface area contributed by atoms with Gasteiger partial charge in [-0.05, 0) is 66.9 Å². The van der Waals surface area contributed by atoms with Crippen LogP contribution in [0.5, 0.6) is 5.75 Å². The van der Waals surface area contributed by atoms with E-state index in [0.29, 0.717) is 22.7 Å². The monoisotopic (exact) mass is 468 g/mol. The van der Waals surface area contributed by atoms with Gasteiger partial charge in [-0.15, -0.1) is 11.3 Å². The number of rotatable bonds is 6. The number of carbonyl (C=O) groups excluding carboxylic acids is 2. The summed E-state index contributed by atoms with van der Waals surface area (Å²) >= 11 is 1.61. The van der Waals surface area contributed by atoms with Crippen LogP contribution in [0.1, 0.15) is 15.4 Å². The molecular formula is C26H20N4O3S. The molecule has 5 aromatic rings. The quantitative estimate of drug-likeness (QED) is 0.347. The first-order chi connectivity index (χ1) is 16.5. The molecule has 5 rings (SSSR count). The highest BCUT2D eigenvalue weighted by Gasteiger charge is 2.10. The lowest BCUT2D eigenvalue weighted by Crippen LogP contribution is -2.20. The molecule has 8 heteroatoms. The zero-order chi connectivity index (χ0) is 23.5. The predicted octanol–water partition coefficient (Wildman–Crippen LogP) is 5.42. The molecule has 0 saturated carbocycles. The van der Waals surface area contributed by atoms with E-state index in [1.165, 1.54) is 0 Å². The molecule has 0 atom stereocenters. The number of carbonyl (C=O) groups is 2. The molecule has 34 heavy (non-hydrogen) atoms. The van der Waals surface area contributed by atoms with Gasteiger partial charge in [-0.2, -0.15) is 0 Å². The second kappa shape index (κ2) is 9.29. The molecule has 3 aromatic carbocycles. The van der Waals surface area contributed by atoms with Crippen molar-refractivity contribution < 1.29 is 14.3 Å². The average Bonchev–Trinajstić information content (AvgIpc) is 3.22. The fourth-order valence-electron chi connectivity index (χ4n) is 3.56. The fraction of sp³-hybridized carbons (Fsp3) is 0.0769. The third-order valence-corrected chi connectivity index (χ3v) is 6.09. The zero-order valence-electron chi connectivity index (χ0n) is 18.2. The zero-order valence-corrected chi connectivity index (χ0v) is 19.1. The Morgan fingerprint density at radius 2 is 1.79 bits per heavy atom. The van der Waals surface area contributed by atoms with E-state index in [1.54, 1.807) is 48.0 Å². The number of hydrogen-bond acceptors (Lipinski definition) is 6. The Balaban J connectivity index is 1.20. The highest BCUT2D eigenvalue weighted by atomic mass is 32.1. The Morgan fingerprint density at radius 1 is 0.941 bits per heavy atom. The normalized spacial score (nSPS) is 10.9. The molecule has 2 aromatic heterocycles. The number of amides is 2. The van der Waals surface area contributed by atoms with Crippen molar-refractivity contribution >= 4 is 55.5 Å². The predicted molar refractivity (Wildman–Crippen MR) is 135 cm³/mol. The van der Waals surface area contributed by atoms with Gasteiger partial charge in [-0.1, -0.05) is 12.1 Å². The van der Waals surface area contributed by atoms with Gasteiger partial charge in [-0.25, -0.2) is 4.98 Å². The van der Waals surface area contributed by atoms with Gasteiger partial charge in [0, 0.05) is 34.7 Å². The SMILES string of the molecule is Cc1nc2cc(NC(=O)c3cccc(OCC(=O)Nc4ccc5cnccc5c4)c3)ccc2s1. The van der Waals surface area contributed by atoms with Gasteiger partial charge in [0.1, 0.15) is 5.75 Å². The average molecular weight is 469 g/mol. The number of pyridine rings is 1. The summed E-state index contributed by atoms with van der Waals surface area (Å²) in [6.07, 6.45) is 3.48. The molecule has 0 aliphatic carbocycles. The molecular weight excluding hydrogens is 448 g/mol. The van der Waals surface area contributed by atoms with E-state index >= 15 is 0 Å². The number of ether oxygens (including phenoxy) is 1. The Morgan fingerprint density at radius 3 is 2.71 bits per heavy atom. The van der Waals surface area contributed by atoms with Gasteiger partial charge in [0.05, 0.1) is 15.2 Å². The van der Waals surface area contributed by atoms with Crippen LogP contribution >= 0.6 is 11.3 Å². The number of hydrogen-bond donors (Lipinski definition) is 2. The molecule has 0 spiro atoms. The van der Waals surface area contributed by atoms with Crippen molar-refractivity contribution in [3.05, 3.63) is 89.7 Å². The molecule has 0 bridgehead atoms.